The van der Waals surface area contributed by atoms with Crippen LogP contribution in [-0.2, 0) is 33.3 Å². The lowest BCUT2D eigenvalue weighted by Gasteiger charge is -2.23. The molecule has 3 heterocycles. The molecule has 29 heavy (non-hydrogen) atoms. The van der Waals surface area contributed by atoms with E-state index in [4.69, 9.17) is 30.5 Å². The number of halogens is 2. The molecule has 0 N–H and O–H groups in total. The zero-order chi connectivity index (χ0) is 21.3. The summed E-state index contributed by atoms with van der Waals surface area (Å²) in [7, 11) is 0. The molecule has 1 aliphatic rings. The Hall–Kier alpha value is -2.06. The maximum absolute atomic E-state index is 11.7. The molecule has 0 aliphatic carbocycles. The Kier molecular flexibility index (Phi) is 6.53. The number of rotatable bonds is 5. The van der Waals surface area contributed by atoms with Gasteiger partial charge >= 0.3 is 17.9 Å². The van der Waals surface area contributed by atoms with E-state index in [0.717, 1.165) is 0 Å². The Bertz CT molecular complexity index is 968. The summed E-state index contributed by atoms with van der Waals surface area (Å²) in [5, 5.41) is 0.146. The van der Waals surface area contributed by atoms with Gasteiger partial charge in [-0.15, -0.1) is 0 Å². The molecule has 3 rings (SSSR count). The van der Waals surface area contributed by atoms with Gasteiger partial charge in [0.2, 0.25) is 0 Å². The fraction of sp³-hybridized carbons (Fsp3) is 0.500. The van der Waals surface area contributed by atoms with Crippen LogP contribution in [0.15, 0.2) is 6.33 Å². The first kappa shape index (κ1) is 21.6. The number of carbonyl (C=O) groups is 3. The fourth-order valence-electron chi connectivity index (χ4n) is 2.96. The predicted octanol–water partition coefficient (Wildman–Crippen LogP) is 1.41. The Labute approximate surface area is 183 Å². The van der Waals surface area contributed by atoms with Crippen LogP contribution < -0.4 is 0 Å². The third kappa shape index (κ3) is 4.75. The summed E-state index contributed by atoms with van der Waals surface area (Å²) in [4.78, 5) is 47.1. The summed E-state index contributed by atoms with van der Waals surface area (Å²) in [6.07, 6.45) is -2.50. The number of ether oxygens (including phenoxy) is 4. The van der Waals surface area contributed by atoms with E-state index in [1.54, 1.807) is 0 Å². The van der Waals surface area contributed by atoms with E-state index in [9.17, 15) is 14.4 Å². The summed E-state index contributed by atoms with van der Waals surface area (Å²) in [6.45, 7) is 3.46. The Morgan fingerprint density at radius 3 is 2.41 bits per heavy atom. The van der Waals surface area contributed by atoms with E-state index in [2.05, 4.69) is 15.0 Å². The number of hydrogen-bond donors (Lipinski definition) is 0. The second-order valence-electron chi connectivity index (χ2n) is 6.12. The van der Waals surface area contributed by atoms with Crippen molar-refractivity contribution < 1.29 is 33.3 Å². The standard InChI is InChI=1S/C16H16ClIN4O7/c1-6(23)26-4-9-11(27-7(2)24)12(28-8(3)25)15(29-9)22-5-19-10-13(17)20-16(18)21-14(10)22/h5,9,11-12,15H,4H2,1-3H3/t9?,11-,12-,15?/m1/s1. The molecule has 1 saturated heterocycles. The lowest BCUT2D eigenvalue weighted by atomic mass is 10.1. The summed E-state index contributed by atoms with van der Waals surface area (Å²) >= 11 is 8.03. The van der Waals surface area contributed by atoms with Crippen molar-refractivity contribution in [2.45, 2.75) is 45.3 Å². The average Bonchev–Trinajstić information content (AvgIpc) is 3.15. The normalized spacial score (nSPS) is 23.8. The SMILES string of the molecule is CC(=O)OCC1OC(n2cnc3c(Cl)nc(I)nc32)[C@H](OC(C)=O)[C@@H]1OC(C)=O. The van der Waals surface area contributed by atoms with Gasteiger partial charge in [0.1, 0.15) is 18.2 Å². The minimum atomic E-state index is -1.04. The summed E-state index contributed by atoms with van der Waals surface area (Å²) < 4.78 is 23.6. The van der Waals surface area contributed by atoms with E-state index >= 15 is 0 Å². The van der Waals surface area contributed by atoms with Crippen LogP contribution in [0.1, 0.15) is 27.0 Å². The summed E-state index contributed by atoms with van der Waals surface area (Å²) in [6, 6.07) is 0. The number of imidazole rings is 1. The third-order valence-corrected chi connectivity index (χ3v) is 4.71. The molecule has 2 unspecified atom stereocenters. The van der Waals surface area contributed by atoms with Gasteiger partial charge in [-0.1, -0.05) is 11.6 Å². The van der Waals surface area contributed by atoms with Crippen LogP contribution in [0.3, 0.4) is 0 Å². The highest BCUT2D eigenvalue weighted by atomic mass is 127. The molecule has 0 amide bonds. The number of fused-ring (bicyclic) bond motifs is 1. The first-order valence-electron chi connectivity index (χ1n) is 8.36. The minimum absolute atomic E-state index is 0.146. The van der Waals surface area contributed by atoms with Crippen molar-refractivity contribution in [3.05, 3.63) is 15.3 Å². The van der Waals surface area contributed by atoms with Crippen LogP contribution in [0.4, 0.5) is 0 Å². The Morgan fingerprint density at radius 1 is 1.14 bits per heavy atom. The molecule has 13 heteroatoms. The van der Waals surface area contributed by atoms with Crippen LogP contribution in [0, 0.1) is 3.83 Å². The van der Waals surface area contributed by atoms with E-state index in [0.29, 0.717) is 15.0 Å². The maximum atomic E-state index is 11.7. The first-order valence-corrected chi connectivity index (χ1v) is 9.82. The molecule has 0 bridgehead atoms. The van der Waals surface area contributed by atoms with Gasteiger partial charge < -0.3 is 18.9 Å². The van der Waals surface area contributed by atoms with Gasteiger partial charge in [-0.3, -0.25) is 19.0 Å². The highest BCUT2D eigenvalue weighted by Crippen LogP contribution is 2.36. The molecule has 0 radical (unpaired) electrons. The molecule has 1 aliphatic heterocycles. The Morgan fingerprint density at radius 2 is 1.79 bits per heavy atom. The number of carbonyl (C=O) groups excluding carboxylic acids is 3. The van der Waals surface area contributed by atoms with Gasteiger partial charge in [0.05, 0.1) is 6.33 Å². The summed E-state index contributed by atoms with van der Waals surface area (Å²) in [5.41, 5.74) is 0.663. The third-order valence-electron chi connectivity index (χ3n) is 3.97. The van der Waals surface area contributed by atoms with Crippen molar-refractivity contribution in [3.63, 3.8) is 0 Å². The Balaban J connectivity index is 2.04. The highest BCUT2D eigenvalue weighted by Gasteiger charge is 2.51. The van der Waals surface area contributed by atoms with Crippen molar-refractivity contribution in [2.24, 2.45) is 0 Å². The first-order chi connectivity index (χ1) is 13.7. The number of esters is 3. The molecular formula is C16H16ClIN4O7. The zero-order valence-electron chi connectivity index (χ0n) is 15.5. The quantitative estimate of drug-likeness (QED) is 0.181. The highest BCUT2D eigenvalue weighted by molar-refractivity contribution is 14.1. The number of nitrogens with zero attached hydrogens (tertiary/aromatic N) is 4. The second kappa shape index (κ2) is 8.75. The molecule has 0 saturated carbocycles. The number of aromatic nitrogens is 4. The van der Waals surface area contributed by atoms with Crippen molar-refractivity contribution in [1.29, 1.82) is 0 Å². The van der Waals surface area contributed by atoms with E-state index in [1.165, 1.54) is 31.7 Å². The van der Waals surface area contributed by atoms with Crippen molar-refractivity contribution in [2.75, 3.05) is 6.61 Å². The molecule has 2 aromatic heterocycles. The lowest BCUT2D eigenvalue weighted by Crippen LogP contribution is -2.40. The monoisotopic (exact) mass is 538 g/mol. The van der Waals surface area contributed by atoms with Crippen molar-refractivity contribution in [1.82, 2.24) is 19.5 Å². The molecule has 2 aromatic rings. The van der Waals surface area contributed by atoms with Gasteiger partial charge in [0.25, 0.3) is 0 Å². The van der Waals surface area contributed by atoms with Gasteiger partial charge in [-0.25, -0.2) is 15.0 Å². The second-order valence-corrected chi connectivity index (χ2v) is 7.45. The lowest BCUT2D eigenvalue weighted by molar-refractivity contribution is -0.166. The van der Waals surface area contributed by atoms with Crippen LogP contribution in [0.5, 0.6) is 0 Å². The van der Waals surface area contributed by atoms with Gasteiger partial charge in [0, 0.05) is 43.4 Å². The van der Waals surface area contributed by atoms with Crippen LogP contribution >= 0.6 is 34.2 Å². The minimum Gasteiger partial charge on any atom is -0.463 e. The maximum Gasteiger partial charge on any atom is 0.303 e. The van der Waals surface area contributed by atoms with Crippen LogP contribution in [-0.4, -0.2) is 62.3 Å². The molecule has 0 spiro atoms. The predicted molar refractivity (Wildman–Crippen MR) is 105 cm³/mol. The molecule has 0 aromatic carbocycles. The number of hydrogen-bond acceptors (Lipinski definition) is 10. The average molecular weight is 539 g/mol. The van der Waals surface area contributed by atoms with E-state index in [-0.39, 0.29) is 11.8 Å². The van der Waals surface area contributed by atoms with Gasteiger partial charge in [-0.2, -0.15) is 0 Å². The molecular weight excluding hydrogens is 523 g/mol. The van der Waals surface area contributed by atoms with E-state index < -0.39 is 42.4 Å². The largest absolute Gasteiger partial charge is 0.463 e. The fourth-order valence-corrected chi connectivity index (χ4v) is 3.79. The molecule has 1 fully saturated rings. The molecule has 11 nitrogen and oxygen atoms in total. The topological polar surface area (TPSA) is 132 Å². The van der Waals surface area contributed by atoms with Gasteiger partial charge in [0.15, 0.2) is 33.1 Å². The molecule has 156 valence electrons. The van der Waals surface area contributed by atoms with E-state index in [1.807, 2.05) is 22.6 Å². The summed E-state index contributed by atoms with van der Waals surface area (Å²) in [5.74, 6) is -1.76. The molecule has 4 atom stereocenters. The van der Waals surface area contributed by atoms with Gasteiger partial charge in [-0.05, 0) is 0 Å². The zero-order valence-corrected chi connectivity index (χ0v) is 18.4. The van der Waals surface area contributed by atoms with Crippen LogP contribution in [0.25, 0.3) is 11.2 Å². The van der Waals surface area contributed by atoms with Crippen molar-refractivity contribution >= 4 is 63.3 Å². The van der Waals surface area contributed by atoms with Crippen LogP contribution in [0.2, 0.25) is 5.15 Å². The van der Waals surface area contributed by atoms with Crippen molar-refractivity contribution in [3.8, 4) is 0 Å². The smallest absolute Gasteiger partial charge is 0.303 e.